The minimum Gasteiger partial charge on any atom is -0.351 e. The standard InChI is InChI=1S/C9H10N2O2/c1-11(9(10)13)8-5-3-2-4-7(8)6-12/h2-6H,1H3,(H2,10,13). The van der Waals surface area contributed by atoms with E-state index in [0.717, 1.165) is 0 Å². The Morgan fingerprint density at radius 3 is 2.62 bits per heavy atom. The molecule has 2 amide bonds. The molecule has 0 atom stereocenters. The van der Waals surface area contributed by atoms with Gasteiger partial charge in [-0.2, -0.15) is 0 Å². The molecule has 0 bridgehead atoms. The zero-order valence-electron chi connectivity index (χ0n) is 7.23. The molecule has 0 saturated heterocycles. The lowest BCUT2D eigenvalue weighted by atomic mass is 10.2. The maximum atomic E-state index is 10.8. The summed E-state index contributed by atoms with van der Waals surface area (Å²) in [5.41, 5.74) is 6.03. The van der Waals surface area contributed by atoms with Gasteiger partial charge in [0.1, 0.15) is 0 Å². The van der Waals surface area contributed by atoms with Gasteiger partial charge in [-0.3, -0.25) is 9.69 Å². The molecule has 4 heteroatoms. The van der Waals surface area contributed by atoms with Crippen LogP contribution in [0.5, 0.6) is 0 Å². The van der Waals surface area contributed by atoms with Crippen molar-refractivity contribution in [3.05, 3.63) is 29.8 Å². The van der Waals surface area contributed by atoms with Gasteiger partial charge >= 0.3 is 6.03 Å². The van der Waals surface area contributed by atoms with E-state index in [2.05, 4.69) is 0 Å². The molecule has 68 valence electrons. The third-order valence-corrected chi connectivity index (χ3v) is 1.76. The van der Waals surface area contributed by atoms with E-state index in [1.54, 1.807) is 24.3 Å². The fourth-order valence-electron chi connectivity index (χ4n) is 1.01. The molecule has 1 aromatic carbocycles. The predicted molar refractivity (Wildman–Crippen MR) is 49.8 cm³/mol. The molecule has 0 saturated carbocycles. The summed E-state index contributed by atoms with van der Waals surface area (Å²) in [6, 6.07) is 6.16. The molecular weight excluding hydrogens is 168 g/mol. The van der Waals surface area contributed by atoms with Crippen LogP contribution in [0.25, 0.3) is 0 Å². The maximum absolute atomic E-state index is 10.8. The van der Waals surface area contributed by atoms with Crippen molar-refractivity contribution in [2.45, 2.75) is 0 Å². The lowest BCUT2D eigenvalue weighted by Gasteiger charge is -2.15. The summed E-state index contributed by atoms with van der Waals surface area (Å²) in [5, 5.41) is 0. The van der Waals surface area contributed by atoms with Crippen molar-refractivity contribution < 1.29 is 9.59 Å². The SMILES string of the molecule is CN(C(N)=O)c1ccccc1C=O. The largest absolute Gasteiger partial charge is 0.351 e. The Morgan fingerprint density at radius 1 is 1.46 bits per heavy atom. The highest BCUT2D eigenvalue weighted by atomic mass is 16.2. The van der Waals surface area contributed by atoms with Gasteiger partial charge in [-0.15, -0.1) is 0 Å². The fraction of sp³-hybridized carbons (Fsp3) is 0.111. The average Bonchev–Trinajstić information content (AvgIpc) is 2.16. The highest BCUT2D eigenvalue weighted by molar-refractivity contribution is 5.96. The number of hydrogen-bond acceptors (Lipinski definition) is 2. The maximum Gasteiger partial charge on any atom is 0.319 e. The molecule has 0 heterocycles. The highest BCUT2D eigenvalue weighted by Crippen LogP contribution is 2.16. The number of hydrogen-bond donors (Lipinski definition) is 1. The zero-order chi connectivity index (χ0) is 9.84. The number of primary amides is 1. The molecule has 0 fully saturated rings. The van der Waals surface area contributed by atoms with Crippen LogP contribution in [0, 0.1) is 0 Å². The molecule has 13 heavy (non-hydrogen) atoms. The van der Waals surface area contributed by atoms with E-state index in [1.165, 1.54) is 11.9 Å². The van der Waals surface area contributed by atoms with Crippen molar-refractivity contribution in [2.24, 2.45) is 5.73 Å². The first-order valence-corrected chi connectivity index (χ1v) is 3.74. The minimum atomic E-state index is -0.589. The van der Waals surface area contributed by atoms with Crippen molar-refractivity contribution in [2.75, 3.05) is 11.9 Å². The van der Waals surface area contributed by atoms with Crippen molar-refractivity contribution in [3.63, 3.8) is 0 Å². The topological polar surface area (TPSA) is 63.4 Å². The quantitative estimate of drug-likeness (QED) is 0.687. The van der Waals surface area contributed by atoms with Crippen LogP contribution in [0.1, 0.15) is 10.4 Å². The van der Waals surface area contributed by atoms with E-state index < -0.39 is 6.03 Å². The molecule has 0 aliphatic rings. The Balaban J connectivity index is 3.12. The summed E-state index contributed by atoms with van der Waals surface area (Å²) in [7, 11) is 1.52. The van der Waals surface area contributed by atoms with Crippen LogP contribution >= 0.6 is 0 Å². The Morgan fingerprint density at radius 2 is 2.08 bits per heavy atom. The van der Waals surface area contributed by atoms with Crippen LogP contribution in [0.3, 0.4) is 0 Å². The van der Waals surface area contributed by atoms with Gasteiger partial charge in [-0.25, -0.2) is 4.79 Å². The Labute approximate surface area is 75.9 Å². The Bertz CT molecular complexity index is 336. The molecule has 1 rings (SSSR count). The number of para-hydroxylation sites is 1. The number of nitrogens with zero attached hydrogens (tertiary/aromatic N) is 1. The Hall–Kier alpha value is -1.84. The number of anilines is 1. The molecular formula is C9H10N2O2. The molecule has 4 nitrogen and oxygen atoms in total. The number of carbonyl (C=O) groups excluding carboxylic acids is 2. The number of rotatable bonds is 2. The summed E-state index contributed by atoms with van der Waals surface area (Å²) < 4.78 is 0. The number of urea groups is 1. The minimum absolute atomic E-state index is 0.448. The third-order valence-electron chi connectivity index (χ3n) is 1.76. The van der Waals surface area contributed by atoms with Gasteiger partial charge in [0, 0.05) is 12.6 Å². The van der Waals surface area contributed by atoms with Gasteiger partial charge in [0.15, 0.2) is 6.29 Å². The molecule has 0 spiro atoms. The van der Waals surface area contributed by atoms with Crippen LogP contribution in [-0.2, 0) is 0 Å². The first-order valence-electron chi connectivity index (χ1n) is 3.74. The zero-order valence-corrected chi connectivity index (χ0v) is 7.23. The van der Waals surface area contributed by atoms with Crippen molar-refractivity contribution in [1.82, 2.24) is 0 Å². The number of nitrogens with two attached hydrogens (primary N) is 1. The predicted octanol–water partition coefficient (Wildman–Crippen LogP) is 1.01. The molecule has 0 aliphatic heterocycles. The number of aldehydes is 1. The third kappa shape index (κ3) is 1.84. The van der Waals surface area contributed by atoms with Crippen LogP contribution in [0.2, 0.25) is 0 Å². The van der Waals surface area contributed by atoms with E-state index in [-0.39, 0.29) is 0 Å². The second-order valence-corrected chi connectivity index (χ2v) is 2.57. The number of amides is 2. The van der Waals surface area contributed by atoms with Crippen molar-refractivity contribution in [3.8, 4) is 0 Å². The normalized spacial score (nSPS) is 9.31. The van der Waals surface area contributed by atoms with E-state index in [1.807, 2.05) is 0 Å². The van der Waals surface area contributed by atoms with Gasteiger partial charge in [-0.1, -0.05) is 12.1 Å². The van der Waals surface area contributed by atoms with Gasteiger partial charge in [-0.05, 0) is 12.1 Å². The average molecular weight is 178 g/mol. The second kappa shape index (κ2) is 3.71. The van der Waals surface area contributed by atoms with Gasteiger partial charge < -0.3 is 5.73 Å². The van der Waals surface area contributed by atoms with Crippen LogP contribution < -0.4 is 10.6 Å². The lowest BCUT2D eigenvalue weighted by Crippen LogP contribution is -2.32. The van der Waals surface area contributed by atoms with E-state index in [9.17, 15) is 9.59 Å². The monoisotopic (exact) mass is 178 g/mol. The molecule has 0 radical (unpaired) electrons. The van der Waals surface area contributed by atoms with Gasteiger partial charge in [0.05, 0.1) is 5.69 Å². The summed E-state index contributed by atoms with van der Waals surface area (Å²) >= 11 is 0. The van der Waals surface area contributed by atoms with E-state index in [0.29, 0.717) is 17.5 Å². The molecule has 2 N–H and O–H groups in total. The van der Waals surface area contributed by atoms with Crippen LogP contribution in [0.15, 0.2) is 24.3 Å². The first kappa shape index (κ1) is 9.25. The van der Waals surface area contributed by atoms with E-state index >= 15 is 0 Å². The second-order valence-electron chi connectivity index (χ2n) is 2.57. The lowest BCUT2D eigenvalue weighted by molar-refractivity contribution is 0.112. The smallest absolute Gasteiger partial charge is 0.319 e. The van der Waals surface area contributed by atoms with Gasteiger partial charge in [0.2, 0.25) is 0 Å². The molecule has 1 aromatic rings. The Kier molecular flexibility index (Phi) is 2.64. The molecule has 0 aliphatic carbocycles. The van der Waals surface area contributed by atoms with Crippen LogP contribution in [-0.4, -0.2) is 19.4 Å². The summed E-state index contributed by atoms with van der Waals surface area (Å²) in [6.07, 6.45) is 0.689. The van der Waals surface area contributed by atoms with Crippen molar-refractivity contribution >= 4 is 18.0 Å². The van der Waals surface area contributed by atoms with Crippen molar-refractivity contribution in [1.29, 1.82) is 0 Å². The number of carbonyl (C=O) groups is 2. The summed E-state index contributed by atoms with van der Waals surface area (Å²) in [4.78, 5) is 22.6. The number of benzene rings is 1. The highest BCUT2D eigenvalue weighted by Gasteiger charge is 2.09. The molecule has 0 unspecified atom stereocenters. The van der Waals surface area contributed by atoms with Gasteiger partial charge in [0.25, 0.3) is 0 Å². The molecule has 0 aromatic heterocycles. The summed E-state index contributed by atoms with van der Waals surface area (Å²) in [6.45, 7) is 0. The first-order chi connectivity index (χ1) is 6.16. The van der Waals surface area contributed by atoms with E-state index in [4.69, 9.17) is 5.73 Å². The fourth-order valence-corrected chi connectivity index (χ4v) is 1.01. The summed E-state index contributed by atoms with van der Waals surface area (Å²) in [5.74, 6) is 0. The van der Waals surface area contributed by atoms with Crippen LogP contribution in [0.4, 0.5) is 10.5 Å².